The minimum atomic E-state index is -4.86. The van der Waals surface area contributed by atoms with Crippen LogP contribution < -0.4 is 27.4 Å². The third-order valence-electron chi connectivity index (χ3n) is 7.29. The molecule has 0 fully saturated rings. The van der Waals surface area contributed by atoms with E-state index in [4.69, 9.17) is 11.5 Å². The topological polar surface area (TPSA) is 248 Å². The summed E-state index contributed by atoms with van der Waals surface area (Å²) in [7, 11) is -9.70. The number of carbonyl (C=O) groups excluding carboxylic acids is 3. The molecule has 53 heavy (non-hydrogen) atoms. The van der Waals surface area contributed by atoms with Crippen LogP contribution in [0.4, 0.5) is 28.4 Å². The molecule has 0 aromatic heterocycles. The van der Waals surface area contributed by atoms with E-state index in [0.29, 0.717) is 22.6 Å². The van der Waals surface area contributed by atoms with E-state index in [-0.39, 0.29) is 98.7 Å². The zero-order chi connectivity index (χ0) is 36.9. The van der Waals surface area contributed by atoms with Crippen molar-refractivity contribution in [3.8, 4) is 0 Å². The second kappa shape index (κ2) is 18.1. The van der Waals surface area contributed by atoms with Gasteiger partial charge >= 0.3 is 0 Å². The van der Waals surface area contributed by atoms with E-state index in [2.05, 4.69) is 16.0 Å². The quantitative estimate of drug-likeness (QED) is 0.0450. The second-order valence-electron chi connectivity index (χ2n) is 11.0. The van der Waals surface area contributed by atoms with Gasteiger partial charge in [0.25, 0.3) is 38.0 Å². The number of carbonyl (C=O) groups is 3. The average Bonchev–Trinajstić information content (AvgIpc) is 3.08. The summed E-state index contributed by atoms with van der Waals surface area (Å²) in [5.74, 6) is -1.58. The number of nitrogen functional groups attached to an aromatic ring is 2. The Balaban J connectivity index is 0.00000378. The molecule has 0 saturated carbocycles. The largest absolute Gasteiger partial charge is 0.399 e. The van der Waals surface area contributed by atoms with E-state index in [1.165, 1.54) is 84.9 Å². The molecule has 0 aliphatic heterocycles. The van der Waals surface area contributed by atoms with Gasteiger partial charge in [-0.3, -0.25) is 23.5 Å². The Morgan fingerprint density at radius 2 is 0.755 bits per heavy atom. The summed E-state index contributed by atoms with van der Waals surface area (Å²) in [4.78, 5) is 36.8. The molecule has 3 amide bonds. The number of nitrogens with one attached hydrogen (secondary N) is 3. The maximum Gasteiger partial charge on any atom is 0.295 e. The Bertz CT molecular complexity index is 2410. The molecule has 0 aliphatic carbocycles. The minimum absolute atomic E-state index is 0. The van der Waals surface area contributed by atoms with Gasteiger partial charge in [-0.25, -0.2) is 0 Å². The fraction of sp³-hybridized carbons (Fsp3) is 0. The van der Waals surface area contributed by atoms with E-state index >= 15 is 0 Å². The fourth-order valence-electron chi connectivity index (χ4n) is 4.71. The van der Waals surface area contributed by atoms with E-state index in [9.17, 15) is 40.3 Å². The molecule has 5 aromatic carbocycles. The molecular formula is C35H29N5Na2O9S2. The first kappa shape index (κ1) is 43.1. The maximum atomic E-state index is 12.9. The number of benzene rings is 5. The maximum absolute atomic E-state index is 12.9. The Kier molecular flexibility index (Phi) is 14.7. The van der Waals surface area contributed by atoms with Crippen molar-refractivity contribution in [2.75, 3.05) is 27.4 Å². The molecule has 0 aliphatic rings. The van der Waals surface area contributed by atoms with Gasteiger partial charge in [0, 0.05) is 104 Å². The molecule has 0 bridgehead atoms. The van der Waals surface area contributed by atoms with Crippen LogP contribution in [0.3, 0.4) is 0 Å². The predicted octanol–water partition coefficient (Wildman–Crippen LogP) is 4.51. The Morgan fingerprint density at radius 1 is 0.472 bits per heavy atom. The Hall–Kier alpha value is -4.33. The van der Waals surface area contributed by atoms with Crippen LogP contribution in [0.15, 0.2) is 119 Å². The number of anilines is 5. The standard InChI is InChI=1S/C35H29N5O9S2.2Na/c36-26-11-3-23(4-12-26)33(41)38-28-15-9-25(10-16-28)35(43)40-30-18-8-22(32(20-30)51(47,48)49)2-1-21-7-17-29(19-31(21)50(44,45)46)39-34(42)24-5-13-27(37)14-6-24;;/h1-20H,36-37H2,(H,38,41)(H,39,42)(H,40,43)(H,44,45,46)(H,47,48,49);;. The van der Waals surface area contributed by atoms with Crippen molar-refractivity contribution in [2.24, 2.45) is 0 Å². The molecule has 0 atom stereocenters. The molecule has 5 rings (SSSR count). The summed E-state index contributed by atoms with van der Waals surface area (Å²) in [6.45, 7) is 0. The number of hydrogen-bond donors (Lipinski definition) is 7. The van der Waals surface area contributed by atoms with E-state index < -0.39 is 41.8 Å². The molecule has 9 N–H and O–H groups in total. The molecule has 0 spiro atoms. The van der Waals surface area contributed by atoms with Crippen molar-refractivity contribution in [3.63, 3.8) is 0 Å². The molecule has 14 nitrogen and oxygen atoms in total. The minimum Gasteiger partial charge on any atom is -0.399 e. The summed E-state index contributed by atoms with van der Waals surface area (Å²) in [6.07, 6.45) is 2.37. The van der Waals surface area contributed by atoms with Gasteiger partial charge in [0.2, 0.25) is 0 Å². The monoisotopic (exact) mass is 773 g/mol. The second-order valence-corrected chi connectivity index (χ2v) is 13.8. The number of amides is 3. The Morgan fingerprint density at radius 3 is 1.08 bits per heavy atom. The van der Waals surface area contributed by atoms with Crippen molar-refractivity contribution >= 4 is 138 Å². The molecule has 0 saturated heterocycles. The normalized spacial score (nSPS) is 11.1. The van der Waals surface area contributed by atoms with Crippen LogP contribution in [-0.4, -0.2) is 103 Å². The van der Waals surface area contributed by atoms with E-state index in [1.54, 1.807) is 24.3 Å². The average molecular weight is 774 g/mol. The zero-order valence-corrected chi connectivity index (χ0v) is 33.9. The van der Waals surface area contributed by atoms with Gasteiger partial charge in [0.15, 0.2) is 0 Å². The van der Waals surface area contributed by atoms with Gasteiger partial charge in [-0.15, -0.1) is 0 Å². The van der Waals surface area contributed by atoms with Gasteiger partial charge in [-0.2, -0.15) is 16.8 Å². The first-order valence-corrected chi connectivity index (χ1v) is 17.6. The molecule has 0 unspecified atom stereocenters. The summed E-state index contributed by atoms with van der Waals surface area (Å²) < 4.78 is 68.9. The van der Waals surface area contributed by atoms with Crippen LogP contribution >= 0.6 is 0 Å². The van der Waals surface area contributed by atoms with Gasteiger partial charge in [0.1, 0.15) is 9.79 Å². The van der Waals surface area contributed by atoms with Crippen molar-refractivity contribution in [1.29, 1.82) is 0 Å². The van der Waals surface area contributed by atoms with Gasteiger partial charge in [0.05, 0.1) is 0 Å². The van der Waals surface area contributed by atoms with Crippen LogP contribution in [0.1, 0.15) is 42.2 Å². The Labute approximate surface area is 349 Å². The summed E-state index contributed by atoms with van der Waals surface area (Å²) in [5, 5.41) is 7.76. The van der Waals surface area contributed by atoms with Crippen LogP contribution in [0, 0.1) is 0 Å². The van der Waals surface area contributed by atoms with Gasteiger partial charge < -0.3 is 27.4 Å². The third-order valence-corrected chi connectivity index (χ3v) is 9.11. The molecule has 2 radical (unpaired) electrons. The molecule has 0 heterocycles. The summed E-state index contributed by atoms with van der Waals surface area (Å²) >= 11 is 0. The predicted molar refractivity (Wildman–Crippen MR) is 205 cm³/mol. The summed E-state index contributed by atoms with van der Waals surface area (Å²) in [6, 6.07) is 25.5. The van der Waals surface area contributed by atoms with E-state index in [0.717, 1.165) is 12.1 Å². The summed E-state index contributed by atoms with van der Waals surface area (Å²) in [5.41, 5.74) is 13.3. The van der Waals surface area contributed by atoms with E-state index in [1.807, 2.05) is 0 Å². The van der Waals surface area contributed by atoms with Crippen molar-refractivity contribution in [2.45, 2.75) is 9.79 Å². The van der Waals surface area contributed by atoms with Gasteiger partial charge in [-0.1, -0.05) is 24.3 Å². The van der Waals surface area contributed by atoms with Crippen molar-refractivity contribution < 1.29 is 40.3 Å². The van der Waals surface area contributed by atoms with Gasteiger partial charge in [-0.05, 0) is 108 Å². The fourth-order valence-corrected chi connectivity index (χ4v) is 6.13. The molecule has 262 valence electrons. The molecular weight excluding hydrogens is 745 g/mol. The number of rotatable bonds is 10. The first-order chi connectivity index (χ1) is 24.1. The van der Waals surface area contributed by atoms with Crippen LogP contribution in [-0.2, 0) is 20.2 Å². The number of hydrogen-bond acceptors (Lipinski definition) is 9. The molecule has 18 heteroatoms. The van der Waals surface area contributed by atoms with Crippen LogP contribution in [0.25, 0.3) is 12.2 Å². The third kappa shape index (κ3) is 11.6. The van der Waals surface area contributed by atoms with Crippen LogP contribution in [0.5, 0.6) is 0 Å². The SMILES string of the molecule is Nc1ccc(C(=O)Nc2ccc(C(=O)Nc3ccc(C=Cc4ccc(NC(=O)c5ccc(N)cc5)cc4S(=O)(=O)O)c(S(=O)(=O)O)c3)cc2)cc1.[Na].[Na]. The van der Waals surface area contributed by atoms with Crippen molar-refractivity contribution in [1.82, 2.24) is 0 Å². The molecule has 5 aromatic rings. The zero-order valence-electron chi connectivity index (χ0n) is 28.3. The van der Waals surface area contributed by atoms with Crippen LogP contribution in [0.2, 0.25) is 0 Å². The van der Waals surface area contributed by atoms with Crippen molar-refractivity contribution in [3.05, 3.63) is 137 Å². The smallest absolute Gasteiger partial charge is 0.295 e. The number of nitrogens with two attached hydrogens (primary N) is 2. The first-order valence-electron chi connectivity index (χ1n) is 14.7.